The van der Waals surface area contributed by atoms with Crippen LogP contribution in [-0.4, -0.2) is 48.0 Å². The van der Waals surface area contributed by atoms with E-state index in [1.54, 1.807) is 6.20 Å². The van der Waals surface area contributed by atoms with Crippen LogP contribution in [0.1, 0.15) is 82.7 Å². The van der Waals surface area contributed by atoms with Crippen LogP contribution in [0.2, 0.25) is 0 Å². The van der Waals surface area contributed by atoms with E-state index in [2.05, 4.69) is 22.2 Å². The molecule has 1 saturated carbocycles. The average Bonchev–Trinajstić information content (AvgIpc) is 3.72. The zero-order valence-corrected chi connectivity index (χ0v) is 27.5. The number of carbonyl (C=O) groups is 2. The van der Waals surface area contributed by atoms with Gasteiger partial charge in [-0.25, -0.2) is 14.1 Å². The molecule has 0 unspecified atom stereocenters. The molecule has 1 N–H and O–H groups in total. The van der Waals surface area contributed by atoms with Gasteiger partial charge in [-0.05, 0) is 62.6 Å². The van der Waals surface area contributed by atoms with E-state index in [1.165, 1.54) is 20.8 Å². The molecule has 3 aromatic heterocycles. The summed E-state index contributed by atoms with van der Waals surface area (Å²) < 4.78 is 19.4. The Labute approximate surface area is 276 Å². The number of aryl methyl sites for hydroxylation is 1. The highest BCUT2D eigenvalue weighted by Crippen LogP contribution is 2.33. The van der Waals surface area contributed by atoms with Crippen LogP contribution < -0.4 is 11.3 Å². The third kappa shape index (κ3) is 6.60. The SMILES string of the molecule is CCCc1c(Cc2ccc(-c3ccccc3-c3noc(=O)[nH]3)cc2)c(=O)n(C2CCC(OC(=O)C(C)(C)OC(C)=O)CC2)c2ccnn12. The highest BCUT2D eigenvalue weighted by Gasteiger charge is 2.36. The zero-order valence-electron chi connectivity index (χ0n) is 27.5. The standard InChI is InChI=1S/C36H39N5O7/c1-5-8-30-29(21-23-11-13-24(14-12-23)27-9-6-7-10-28(27)32-38-35(45)48-39-32)33(43)40(31-19-20-37-41(30)31)25-15-17-26(18-16-25)46-34(44)36(3,4)47-22(2)42/h6-7,9-14,19-20,25-26H,5,8,15-18,21H2,1-4H3,(H,38,39,45). The van der Waals surface area contributed by atoms with Crippen molar-refractivity contribution in [2.45, 2.75) is 90.4 Å². The Bertz CT molecular complexity index is 2060. The fraction of sp³-hybridized carbons (Fsp3) is 0.389. The lowest BCUT2D eigenvalue weighted by Crippen LogP contribution is -2.41. The second-order valence-electron chi connectivity index (χ2n) is 12.8. The normalized spacial score (nSPS) is 16.6. The third-order valence-corrected chi connectivity index (χ3v) is 8.88. The summed E-state index contributed by atoms with van der Waals surface area (Å²) in [6.45, 7) is 6.39. The molecule has 3 heterocycles. The van der Waals surface area contributed by atoms with Gasteiger partial charge in [-0.15, -0.1) is 0 Å². The van der Waals surface area contributed by atoms with Gasteiger partial charge in [0.1, 0.15) is 11.8 Å². The average molecular weight is 654 g/mol. The van der Waals surface area contributed by atoms with Gasteiger partial charge in [-0.2, -0.15) is 5.10 Å². The van der Waals surface area contributed by atoms with Crippen molar-refractivity contribution in [2.75, 3.05) is 0 Å². The van der Waals surface area contributed by atoms with Gasteiger partial charge in [0, 0.05) is 36.6 Å². The van der Waals surface area contributed by atoms with Crippen LogP contribution in [0.5, 0.6) is 0 Å². The van der Waals surface area contributed by atoms with Crippen molar-refractivity contribution in [3.8, 4) is 22.5 Å². The first kappa shape index (κ1) is 32.7. The summed E-state index contributed by atoms with van der Waals surface area (Å²) >= 11 is 0. The molecular formula is C36H39N5O7. The van der Waals surface area contributed by atoms with E-state index < -0.39 is 23.3 Å². The number of fused-ring (bicyclic) bond motifs is 1. The third-order valence-electron chi connectivity index (χ3n) is 8.88. The van der Waals surface area contributed by atoms with Crippen LogP contribution in [-0.2, 0) is 31.9 Å². The van der Waals surface area contributed by atoms with Crippen LogP contribution in [0.4, 0.5) is 0 Å². The number of benzene rings is 2. The Morgan fingerprint density at radius 3 is 2.35 bits per heavy atom. The van der Waals surface area contributed by atoms with E-state index in [-0.39, 0.29) is 17.7 Å². The van der Waals surface area contributed by atoms with Crippen LogP contribution in [0.3, 0.4) is 0 Å². The first-order chi connectivity index (χ1) is 23.1. The number of esters is 2. The van der Waals surface area contributed by atoms with Crippen molar-refractivity contribution in [3.05, 3.63) is 98.5 Å². The number of carbonyl (C=O) groups excluding carboxylic acids is 2. The quantitative estimate of drug-likeness (QED) is 0.195. The Morgan fingerprint density at radius 2 is 1.71 bits per heavy atom. The molecule has 0 bridgehead atoms. The maximum atomic E-state index is 14.4. The molecule has 1 aliphatic carbocycles. The molecule has 12 heteroatoms. The molecule has 5 aromatic rings. The highest BCUT2D eigenvalue weighted by atomic mass is 16.6. The van der Waals surface area contributed by atoms with Crippen molar-refractivity contribution in [1.82, 2.24) is 24.3 Å². The molecule has 0 spiro atoms. The van der Waals surface area contributed by atoms with Gasteiger partial charge < -0.3 is 9.47 Å². The van der Waals surface area contributed by atoms with Gasteiger partial charge in [-0.1, -0.05) is 67.0 Å². The number of H-pyrrole nitrogens is 1. The fourth-order valence-electron chi connectivity index (χ4n) is 6.62. The van der Waals surface area contributed by atoms with E-state index in [0.29, 0.717) is 49.9 Å². The van der Waals surface area contributed by atoms with Crippen molar-refractivity contribution < 1.29 is 23.6 Å². The molecule has 250 valence electrons. The minimum atomic E-state index is -1.37. The number of nitrogens with zero attached hydrogens (tertiary/aromatic N) is 4. The first-order valence-electron chi connectivity index (χ1n) is 16.3. The molecule has 0 aliphatic heterocycles. The molecule has 0 radical (unpaired) electrons. The molecule has 12 nitrogen and oxygen atoms in total. The van der Waals surface area contributed by atoms with Crippen LogP contribution >= 0.6 is 0 Å². The molecule has 6 rings (SSSR count). The van der Waals surface area contributed by atoms with E-state index in [1.807, 2.05) is 63.7 Å². The largest absolute Gasteiger partial charge is 0.459 e. The summed E-state index contributed by atoms with van der Waals surface area (Å²) in [4.78, 5) is 52.8. The number of rotatable bonds is 10. The summed E-state index contributed by atoms with van der Waals surface area (Å²) in [5.74, 6) is -1.38. The van der Waals surface area contributed by atoms with Gasteiger partial charge in [0.05, 0.1) is 11.9 Å². The lowest BCUT2D eigenvalue weighted by Gasteiger charge is -2.32. The number of hydrogen-bond donors (Lipinski definition) is 1. The highest BCUT2D eigenvalue weighted by molar-refractivity contribution is 5.82. The zero-order chi connectivity index (χ0) is 34.0. The summed E-state index contributed by atoms with van der Waals surface area (Å²) in [6.07, 6.45) is 5.83. The van der Waals surface area contributed by atoms with E-state index in [9.17, 15) is 19.2 Å². The Balaban J connectivity index is 1.27. The second kappa shape index (κ2) is 13.5. The van der Waals surface area contributed by atoms with Crippen LogP contribution in [0, 0.1) is 0 Å². The maximum Gasteiger partial charge on any atom is 0.439 e. The van der Waals surface area contributed by atoms with Crippen LogP contribution in [0.25, 0.3) is 28.2 Å². The lowest BCUT2D eigenvalue weighted by atomic mass is 9.92. The summed E-state index contributed by atoms with van der Waals surface area (Å²) in [7, 11) is 0. The fourth-order valence-corrected chi connectivity index (χ4v) is 6.62. The van der Waals surface area contributed by atoms with Gasteiger partial charge in [0.25, 0.3) is 5.56 Å². The predicted molar refractivity (Wildman–Crippen MR) is 177 cm³/mol. The Hall–Kier alpha value is -5.26. The van der Waals surface area contributed by atoms with Crippen LogP contribution in [0.15, 0.2) is 74.9 Å². The van der Waals surface area contributed by atoms with E-state index in [4.69, 9.17) is 14.0 Å². The molecule has 1 aliphatic rings. The first-order valence-corrected chi connectivity index (χ1v) is 16.3. The molecular weight excluding hydrogens is 614 g/mol. The van der Waals surface area contributed by atoms with E-state index in [0.717, 1.165) is 40.0 Å². The summed E-state index contributed by atoms with van der Waals surface area (Å²) in [5.41, 5.74) is 4.49. The van der Waals surface area contributed by atoms with Crippen molar-refractivity contribution >= 4 is 17.6 Å². The number of aromatic nitrogens is 5. The molecule has 48 heavy (non-hydrogen) atoms. The van der Waals surface area contributed by atoms with Crippen molar-refractivity contribution in [1.29, 1.82) is 0 Å². The number of ether oxygens (including phenoxy) is 2. The topological polar surface area (TPSA) is 151 Å². The van der Waals surface area contributed by atoms with Gasteiger partial charge in [0.2, 0.25) is 5.60 Å². The number of hydrogen-bond acceptors (Lipinski definition) is 9. The van der Waals surface area contributed by atoms with E-state index >= 15 is 0 Å². The second-order valence-corrected chi connectivity index (χ2v) is 12.8. The molecule has 0 saturated heterocycles. The van der Waals surface area contributed by atoms with Gasteiger partial charge >= 0.3 is 17.7 Å². The minimum Gasteiger partial charge on any atom is -0.459 e. The Morgan fingerprint density at radius 1 is 1.00 bits per heavy atom. The minimum absolute atomic E-state index is 0.0349. The monoisotopic (exact) mass is 653 g/mol. The van der Waals surface area contributed by atoms with Crippen molar-refractivity contribution in [2.24, 2.45) is 0 Å². The lowest BCUT2D eigenvalue weighted by molar-refractivity contribution is -0.182. The molecule has 2 aromatic carbocycles. The smallest absolute Gasteiger partial charge is 0.439 e. The summed E-state index contributed by atoms with van der Waals surface area (Å²) in [5, 5.41) is 8.50. The van der Waals surface area contributed by atoms with Crippen molar-refractivity contribution in [3.63, 3.8) is 0 Å². The van der Waals surface area contributed by atoms with Gasteiger partial charge in [-0.3, -0.25) is 23.7 Å². The number of aromatic amines is 1. The number of nitrogens with one attached hydrogen (secondary N) is 1. The summed E-state index contributed by atoms with van der Waals surface area (Å²) in [6, 6.07) is 17.4. The molecule has 0 amide bonds. The maximum absolute atomic E-state index is 14.4. The van der Waals surface area contributed by atoms with Gasteiger partial charge in [0.15, 0.2) is 5.82 Å². The molecule has 1 fully saturated rings. The Kier molecular flexibility index (Phi) is 9.16. The predicted octanol–water partition coefficient (Wildman–Crippen LogP) is 5.42. The molecule has 0 atom stereocenters.